The zero-order valence-electron chi connectivity index (χ0n) is 12.7. The molecule has 0 radical (unpaired) electrons. The average molecular weight is 347 g/mol. The zero-order valence-corrected chi connectivity index (χ0v) is 13.6. The highest BCUT2D eigenvalue weighted by Gasteiger charge is 2.15. The summed E-state index contributed by atoms with van der Waals surface area (Å²) in [6, 6.07) is 4.20. The van der Waals surface area contributed by atoms with Gasteiger partial charge in [-0.05, 0) is 24.6 Å². The Kier molecular flexibility index (Phi) is 4.41. The monoisotopic (exact) mass is 347 g/mol. The van der Waals surface area contributed by atoms with Gasteiger partial charge in [0.15, 0.2) is 4.96 Å². The molecule has 2 N–H and O–H groups in total. The van der Waals surface area contributed by atoms with Crippen LogP contribution in [0.2, 0.25) is 0 Å². The molecule has 0 spiro atoms. The van der Waals surface area contributed by atoms with Gasteiger partial charge in [-0.3, -0.25) is 14.0 Å². The number of rotatable bonds is 4. The molecule has 2 aromatic heterocycles. The minimum atomic E-state index is -0.553. The van der Waals surface area contributed by atoms with Crippen molar-refractivity contribution in [3.8, 4) is 0 Å². The number of benzene rings is 1. The van der Waals surface area contributed by atoms with Crippen LogP contribution in [0.25, 0.3) is 4.96 Å². The number of hydrogen-bond acceptors (Lipinski definition) is 5. The maximum atomic E-state index is 13.3. The highest BCUT2D eigenvalue weighted by molar-refractivity contribution is 7.15. The van der Waals surface area contributed by atoms with Gasteiger partial charge in [0, 0.05) is 29.4 Å². The third-order valence-electron chi connectivity index (χ3n) is 3.59. The van der Waals surface area contributed by atoms with Crippen molar-refractivity contribution in [1.82, 2.24) is 14.7 Å². The molecule has 0 unspecified atom stereocenters. The lowest BCUT2D eigenvalue weighted by Gasteiger charge is -2.07. The summed E-state index contributed by atoms with van der Waals surface area (Å²) in [4.78, 5) is 29.3. The Morgan fingerprint density at radius 3 is 3.00 bits per heavy atom. The van der Waals surface area contributed by atoms with Gasteiger partial charge < -0.3 is 10.4 Å². The van der Waals surface area contributed by atoms with Crippen LogP contribution in [0.5, 0.6) is 0 Å². The molecule has 0 aliphatic carbocycles. The molecule has 3 rings (SSSR count). The highest BCUT2D eigenvalue weighted by atomic mass is 32.1. The summed E-state index contributed by atoms with van der Waals surface area (Å²) in [6.45, 7) is 1.45. The number of thiazole rings is 1. The van der Waals surface area contributed by atoms with Gasteiger partial charge >= 0.3 is 0 Å². The normalized spacial score (nSPS) is 11.0. The van der Waals surface area contributed by atoms with Crippen LogP contribution in [-0.2, 0) is 13.2 Å². The summed E-state index contributed by atoms with van der Waals surface area (Å²) in [5, 5.41) is 13.5. The number of hydrogen-bond donors (Lipinski definition) is 2. The first-order valence-corrected chi connectivity index (χ1v) is 8.01. The van der Waals surface area contributed by atoms with Gasteiger partial charge in [-0.1, -0.05) is 6.07 Å². The highest BCUT2D eigenvalue weighted by Crippen LogP contribution is 2.12. The number of halogens is 1. The van der Waals surface area contributed by atoms with E-state index < -0.39 is 23.9 Å². The molecular weight excluding hydrogens is 333 g/mol. The summed E-state index contributed by atoms with van der Waals surface area (Å²) >= 11 is 1.33. The lowest BCUT2D eigenvalue weighted by Crippen LogP contribution is -2.31. The molecule has 0 atom stereocenters. The number of aryl methyl sites for hydroxylation is 1. The fourth-order valence-corrected chi connectivity index (χ4v) is 3.14. The predicted molar refractivity (Wildman–Crippen MR) is 87.6 cm³/mol. The van der Waals surface area contributed by atoms with Crippen molar-refractivity contribution in [3.63, 3.8) is 0 Å². The summed E-state index contributed by atoms with van der Waals surface area (Å²) in [7, 11) is 0. The summed E-state index contributed by atoms with van der Waals surface area (Å²) in [5.74, 6) is -1.06. The number of carbonyl (C=O) groups excluding carboxylic acids is 1. The first-order valence-electron chi connectivity index (χ1n) is 7.13. The Balaban J connectivity index is 1.82. The molecule has 124 valence electrons. The summed E-state index contributed by atoms with van der Waals surface area (Å²) in [6.07, 6.45) is 1.26. The third-order valence-corrected chi connectivity index (χ3v) is 4.55. The van der Waals surface area contributed by atoms with Gasteiger partial charge in [0.2, 0.25) is 0 Å². The Bertz CT molecular complexity index is 980. The molecule has 8 heteroatoms. The maximum Gasteiger partial charge on any atom is 0.271 e. The molecule has 1 amide bonds. The molecule has 0 aliphatic rings. The topological polar surface area (TPSA) is 83.7 Å². The number of amides is 1. The van der Waals surface area contributed by atoms with E-state index in [2.05, 4.69) is 10.3 Å². The molecule has 6 nitrogen and oxygen atoms in total. The number of aliphatic hydroxyl groups is 1. The number of aliphatic hydroxyl groups excluding tert-OH is 1. The first-order chi connectivity index (χ1) is 11.5. The second-order valence-electron chi connectivity index (χ2n) is 5.24. The van der Waals surface area contributed by atoms with E-state index in [9.17, 15) is 14.0 Å². The minimum Gasteiger partial charge on any atom is -0.392 e. The van der Waals surface area contributed by atoms with Crippen molar-refractivity contribution in [2.45, 2.75) is 20.1 Å². The van der Waals surface area contributed by atoms with E-state index >= 15 is 0 Å². The van der Waals surface area contributed by atoms with Gasteiger partial charge in [0.1, 0.15) is 11.4 Å². The van der Waals surface area contributed by atoms with E-state index in [1.807, 2.05) is 0 Å². The van der Waals surface area contributed by atoms with Crippen molar-refractivity contribution in [3.05, 3.63) is 68.3 Å². The number of aromatic nitrogens is 2. The van der Waals surface area contributed by atoms with Gasteiger partial charge in [-0.25, -0.2) is 9.37 Å². The van der Waals surface area contributed by atoms with Crippen LogP contribution in [0.1, 0.15) is 27.2 Å². The average Bonchev–Trinajstić information content (AvgIpc) is 2.96. The number of carbonyl (C=O) groups is 1. The lowest BCUT2D eigenvalue weighted by molar-refractivity contribution is 0.0949. The fraction of sp³-hybridized carbons (Fsp3) is 0.188. The Morgan fingerprint density at radius 1 is 1.46 bits per heavy atom. The largest absolute Gasteiger partial charge is 0.392 e. The maximum absolute atomic E-state index is 13.3. The molecule has 1 aromatic carbocycles. The molecule has 3 aromatic rings. The van der Waals surface area contributed by atoms with E-state index in [0.717, 1.165) is 0 Å². The van der Waals surface area contributed by atoms with E-state index in [4.69, 9.17) is 5.11 Å². The van der Waals surface area contributed by atoms with Gasteiger partial charge in [-0.2, -0.15) is 0 Å². The van der Waals surface area contributed by atoms with Crippen molar-refractivity contribution in [2.75, 3.05) is 0 Å². The van der Waals surface area contributed by atoms with Gasteiger partial charge in [-0.15, -0.1) is 11.3 Å². The van der Waals surface area contributed by atoms with Crippen LogP contribution < -0.4 is 10.9 Å². The molecule has 24 heavy (non-hydrogen) atoms. The number of nitrogens with one attached hydrogen (secondary N) is 1. The Labute approximate surface area is 140 Å². The molecule has 0 saturated carbocycles. The zero-order chi connectivity index (χ0) is 17.3. The summed E-state index contributed by atoms with van der Waals surface area (Å²) < 4.78 is 14.7. The van der Waals surface area contributed by atoms with Crippen LogP contribution in [0.3, 0.4) is 0 Å². The van der Waals surface area contributed by atoms with Crippen LogP contribution in [0, 0.1) is 12.7 Å². The smallest absolute Gasteiger partial charge is 0.271 e. The van der Waals surface area contributed by atoms with Crippen LogP contribution >= 0.6 is 11.3 Å². The number of fused-ring (bicyclic) bond motifs is 1. The van der Waals surface area contributed by atoms with E-state index in [1.165, 1.54) is 40.1 Å². The lowest BCUT2D eigenvalue weighted by atomic mass is 10.1. The van der Waals surface area contributed by atoms with Crippen LogP contribution in [-0.4, -0.2) is 20.4 Å². The molecular formula is C16H14FN3O3S. The van der Waals surface area contributed by atoms with E-state index in [-0.39, 0.29) is 17.7 Å². The van der Waals surface area contributed by atoms with E-state index in [1.54, 1.807) is 12.3 Å². The van der Waals surface area contributed by atoms with Crippen LogP contribution in [0.4, 0.5) is 4.39 Å². The molecule has 0 saturated heterocycles. The fourth-order valence-electron chi connectivity index (χ4n) is 2.32. The van der Waals surface area contributed by atoms with E-state index in [0.29, 0.717) is 16.2 Å². The molecule has 0 aliphatic heterocycles. The molecule has 2 heterocycles. The second-order valence-corrected chi connectivity index (χ2v) is 6.08. The number of nitrogens with zero attached hydrogens (tertiary/aromatic N) is 2. The van der Waals surface area contributed by atoms with Crippen molar-refractivity contribution in [1.29, 1.82) is 0 Å². The van der Waals surface area contributed by atoms with Crippen LogP contribution in [0.15, 0.2) is 34.6 Å². The van der Waals surface area contributed by atoms with Gasteiger partial charge in [0.25, 0.3) is 11.5 Å². The first kappa shape index (κ1) is 16.3. The minimum absolute atomic E-state index is 0.0570. The quantitative estimate of drug-likeness (QED) is 0.751. The van der Waals surface area contributed by atoms with Gasteiger partial charge in [0.05, 0.1) is 6.61 Å². The predicted octanol–water partition coefficient (Wildman–Crippen LogP) is 1.63. The Morgan fingerprint density at radius 2 is 2.25 bits per heavy atom. The second kappa shape index (κ2) is 6.50. The molecule has 0 fully saturated rings. The Hall–Kier alpha value is -2.58. The summed E-state index contributed by atoms with van der Waals surface area (Å²) in [5.41, 5.74) is 1.01. The van der Waals surface area contributed by atoms with Crippen molar-refractivity contribution >= 4 is 22.2 Å². The standard InChI is InChI=1S/C16H14FN3O3S/c1-9-8-24-16-19-6-12(15(23)20(9)16)14(22)18-5-10-2-3-13(17)11(4-10)7-21/h2-4,6,8,21H,5,7H2,1H3,(H,18,22). The molecule has 0 bridgehead atoms. The van der Waals surface area contributed by atoms with Crippen molar-refractivity contribution < 1.29 is 14.3 Å². The SMILES string of the molecule is Cc1csc2ncc(C(=O)NCc3ccc(F)c(CO)c3)c(=O)n12. The van der Waals surface area contributed by atoms with Crippen molar-refractivity contribution in [2.24, 2.45) is 0 Å². The third kappa shape index (κ3) is 2.93.